The Morgan fingerprint density at radius 1 is 1.22 bits per heavy atom. The highest BCUT2D eigenvalue weighted by Crippen LogP contribution is 2.28. The lowest BCUT2D eigenvalue weighted by molar-refractivity contribution is -0.111. The molecule has 116 valence electrons. The highest BCUT2D eigenvalue weighted by atomic mass is 32.1. The van der Waals surface area contributed by atoms with Gasteiger partial charge in [-0.2, -0.15) is 5.10 Å². The monoisotopic (exact) mass is 323 g/mol. The molecule has 0 bridgehead atoms. The first-order valence-electron chi connectivity index (χ1n) is 7.27. The van der Waals surface area contributed by atoms with Gasteiger partial charge in [0.1, 0.15) is 5.82 Å². The number of anilines is 1. The lowest BCUT2D eigenvalue weighted by atomic mass is 10.2. The van der Waals surface area contributed by atoms with Crippen LogP contribution in [0.4, 0.5) is 5.82 Å². The smallest absolute Gasteiger partial charge is 0.249 e. The topological polar surface area (TPSA) is 46.9 Å². The maximum atomic E-state index is 12.0. The molecule has 3 aromatic rings. The van der Waals surface area contributed by atoms with Crippen LogP contribution in [0.3, 0.4) is 0 Å². The van der Waals surface area contributed by atoms with E-state index in [1.807, 2.05) is 43.3 Å². The maximum absolute atomic E-state index is 12.0. The highest BCUT2D eigenvalue weighted by molar-refractivity contribution is 7.16. The molecule has 1 aromatic carbocycles. The number of nitrogens with zero attached hydrogens (tertiary/aromatic N) is 2. The summed E-state index contributed by atoms with van der Waals surface area (Å²) in [5.41, 5.74) is 2.06. The molecule has 0 atom stereocenters. The average Bonchev–Trinajstić information content (AvgIpc) is 3.13. The van der Waals surface area contributed by atoms with Crippen molar-refractivity contribution in [2.75, 3.05) is 5.32 Å². The molecule has 1 N–H and O–H groups in total. The van der Waals surface area contributed by atoms with Crippen LogP contribution in [0.15, 0.2) is 54.6 Å². The van der Waals surface area contributed by atoms with Gasteiger partial charge in [0, 0.05) is 28.9 Å². The van der Waals surface area contributed by atoms with Crippen LogP contribution in [-0.4, -0.2) is 15.7 Å². The Kier molecular flexibility index (Phi) is 4.39. The Morgan fingerprint density at radius 3 is 2.70 bits per heavy atom. The number of carbonyl (C=O) groups is 1. The lowest BCUT2D eigenvalue weighted by Crippen LogP contribution is -2.11. The van der Waals surface area contributed by atoms with Crippen molar-refractivity contribution >= 4 is 29.1 Å². The minimum absolute atomic E-state index is 0.164. The van der Waals surface area contributed by atoms with Crippen molar-refractivity contribution in [1.82, 2.24) is 9.78 Å². The van der Waals surface area contributed by atoms with Gasteiger partial charge in [-0.15, -0.1) is 11.3 Å². The molecule has 0 fully saturated rings. The van der Waals surface area contributed by atoms with Gasteiger partial charge in [-0.3, -0.25) is 9.48 Å². The minimum Gasteiger partial charge on any atom is -0.307 e. The van der Waals surface area contributed by atoms with E-state index in [9.17, 15) is 4.79 Å². The number of nitrogens with one attached hydrogen (secondary N) is 1. The molecule has 5 heteroatoms. The van der Waals surface area contributed by atoms with E-state index in [1.165, 1.54) is 10.4 Å². The lowest BCUT2D eigenvalue weighted by Gasteiger charge is -2.00. The largest absolute Gasteiger partial charge is 0.307 e. The summed E-state index contributed by atoms with van der Waals surface area (Å²) in [5.74, 6) is 0.524. The molecule has 3 rings (SSSR count). The zero-order chi connectivity index (χ0) is 16.2. The van der Waals surface area contributed by atoms with Crippen molar-refractivity contribution in [3.05, 3.63) is 65.2 Å². The Hall–Kier alpha value is -2.66. The quantitative estimate of drug-likeness (QED) is 0.735. The molecule has 0 aliphatic carbocycles. The van der Waals surface area contributed by atoms with Gasteiger partial charge in [-0.05, 0) is 30.7 Å². The third-order valence-corrected chi connectivity index (χ3v) is 4.44. The molecule has 0 unspecified atom stereocenters. The zero-order valence-corrected chi connectivity index (χ0v) is 13.8. The van der Waals surface area contributed by atoms with Crippen LogP contribution in [0.5, 0.6) is 0 Å². The van der Waals surface area contributed by atoms with Gasteiger partial charge >= 0.3 is 0 Å². The maximum Gasteiger partial charge on any atom is 0.249 e. The number of aryl methyl sites for hydroxylation is 2. The van der Waals surface area contributed by atoms with E-state index in [4.69, 9.17) is 0 Å². The third-order valence-electron chi connectivity index (χ3n) is 3.34. The molecule has 0 saturated carbocycles. The van der Waals surface area contributed by atoms with E-state index >= 15 is 0 Å². The first-order valence-corrected chi connectivity index (χ1v) is 8.08. The average molecular weight is 323 g/mol. The molecule has 0 radical (unpaired) electrons. The number of benzene rings is 1. The van der Waals surface area contributed by atoms with Crippen LogP contribution in [0, 0.1) is 6.92 Å². The van der Waals surface area contributed by atoms with Crippen molar-refractivity contribution < 1.29 is 4.79 Å². The second-order valence-electron chi connectivity index (χ2n) is 5.19. The van der Waals surface area contributed by atoms with Gasteiger partial charge in [0.15, 0.2) is 0 Å². The van der Waals surface area contributed by atoms with Crippen molar-refractivity contribution in [2.24, 2.45) is 7.05 Å². The van der Waals surface area contributed by atoms with Crippen molar-refractivity contribution in [2.45, 2.75) is 6.92 Å². The molecule has 0 spiro atoms. The van der Waals surface area contributed by atoms with Gasteiger partial charge < -0.3 is 5.32 Å². The zero-order valence-electron chi connectivity index (χ0n) is 13.0. The Labute approximate surface area is 139 Å². The molecule has 2 heterocycles. The van der Waals surface area contributed by atoms with Gasteiger partial charge in [-0.1, -0.05) is 30.3 Å². The summed E-state index contributed by atoms with van der Waals surface area (Å²) in [5, 5.41) is 7.02. The summed E-state index contributed by atoms with van der Waals surface area (Å²) in [6.07, 6.45) is 3.37. The fourth-order valence-corrected chi connectivity index (χ4v) is 3.17. The summed E-state index contributed by atoms with van der Waals surface area (Å²) >= 11 is 1.66. The van der Waals surface area contributed by atoms with E-state index in [-0.39, 0.29) is 5.91 Å². The predicted molar refractivity (Wildman–Crippen MR) is 95.4 cm³/mol. The first-order chi connectivity index (χ1) is 11.1. The van der Waals surface area contributed by atoms with Crippen molar-refractivity contribution in [1.29, 1.82) is 0 Å². The second kappa shape index (κ2) is 6.62. The fourth-order valence-electron chi connectivity index (χ4n) is 2.25. The summed E-state index contributed by atoms with van der Waals surface area (Å²) in [4.78, 5) is 14.2. The standard InChI is InChI=1S/C18H17N3OS/c1-13-12-17(21(2)20-13)19-18(22)11-9-15-8-10-16(23-15)14-6-4-3-5-7-14/h3-12H,1-2H3,(H,19,22). The third kappa shape index (κ3) is 3.76. The van der Waals surface area contributed by atoms with E-state index in [0.29, 0.717) is 5.82 Å². The van der Waals surface area contributed by atoms with Gasteiger partial charge in [-0.25, -0.2) is 0 Å². The van der Waals surface area contributed by atoms with Crippen LogP contribution >= 0.6 is 11.3 Å². The predicted octanol–water partition coefficient (Wildman–Crippen LogP) is 4.11. The Bertz CT molecular complexity index is 846. The molecule has 0 saturated heterocycles. The summed E-state index contributed by atoms with van der Waals surface area (Å²) in [6.45, 7) is 1.89. The van der Waals surface area contributed by atoms with Gasteiger partial charge in [0.05, 0.1) is 5.69 Å². The number of hydrogen-bond acceptors (Lipinski definition) is 3. The van der Waals surface area contributed by atoms with Gasteiger partial charge in [0.25, 0.3) is 0 Å². The van der Waals surface area contributed by atoms with Gasteiger partial charge in [0.2, 0.25) is 5.91 Å². The van der Waals surface area contributed by atoms with E-state index in [2.05, 4.69) is 28.6 Å². The number of thiophene rings is 1. The molecular weight excluding hydrogens is 306 g/mol. The SMILES string of the molecule is Cc1cc(NC(=O)C=Cc2ccc(-c3ccccc3)s2)n(C)n1. The molecule has 4 nitrogen and oxygen atoms in total. The number of rotatable bonds is 4. The van der Waals surface area contributed by atoms with Crippen LogP contribution in [0.2, 0.25) is 0 Å². The summed E-state index contributed by atoms with van der Waals surface area (Å²) in [6, 6.07) is 16.1. The van der Waals surface area contributed by atoms with Crippen molar-refractivity contribution in [3.8, 4) is 10.4 Å². The van der Waals surface area contributed by atoms with Crippen LogP contribution in [0.1, 0.15) is 10.6 Å². The van der Waals surface area contributed by atoms with Crippen LogP contribution in [0.25, 0.3) is 16.5 Å². The van der Waals surface area contributed by atoms with Crippen LogP contribution in [-0.2, 0) is 11.8 Å². The molecule has 2 aromatic heterocycles. The second-order valence-corrected chi connectivity index (χ2v) is 6.30. The minimum atomic E-state index is -0.164. The molecule has 1 amide bonds. The molecule has 23 heavy (non-hydrogen) atoms. The first kappa shape index (κ1) is 15.2. The van der Waals surface area contributed by atoms with E-state index in [0.717, 1.165) is 10.6 Å². The molecular formula is C18H17N3OS. The fraction of sp³-hybridized carbons (Fsp3) is 0.111. The Morgan fingerprint density at radius 2 is 2.00 bits per heavy atom. The highest BCUT2D eigenvalue weighted by Gasteiger charge is 2.05. The normalized spacial score (nSPS) is 11.0. The van der Waals surface area contributed by atoms with E-state index in [1.54, 1.807) is 29.1 Å². The number of carbonyl (C=O) groups excluding carboxylic acids is 1. The summed E-state index contributed by atoms with van der Waals surface area (Å²) in [7, 11) is 1.80. The number of hydrogen-bond donors (Lipinski definition) is 1. The van der Waals surface area contributed by atoms with Crippen LogP contribution < -0.4 is 5.32 Å². The molecule has 0 aliphatic rings. The number of aromatic nitrogens is 2. The number of amides is 1. The Balaban J connectivity index is 1.67. The summed E-state index contributed by atoms with van der Waals surface area (Å²) < 4.78 is 1.65. The molecule has 0 aliphatic heterocycles. The van der Waals surface area contributed by atoms with E-state index < -0.39 is 0 Å². The van der Waals surface area contributed by atoms with Crippen molar-refractivity contribution in [3.63, 3.8) is 0 Å².